The molecule has 0 aliphatic heterocycles. The van der Waals surface area contributed by atoms with E-state index < -0.39 is 0 Å². The lowest BCUT2D eigenvalue weighted by Gasteiger charge is -2.16. The minimum Gasteiger partial charge on any atom is -0.289 e. The Labute approximate surface area is 153 Å². The molecule has 1 aromatic heterocycles. The second-order valence-corrected chi connectivity index (χ2v) is 6.26. The lowest BCUT2D eigenvalue weighted by Crippen LogP contribution is -2.16. The van der Waals surface area contributed by atoms with Crippen molar-refractivity contribution in [2.24, 2.45) is 0 Å². The average Bonchev–Trinajstić information content (AvgIpc) is 2.68. The van der Waals surface area contributed by atoms with Crippen LogP contribution >= 0.6 is 0 Å². The number of nitrogens with zero attached hydrogens (tertiary/aromatic N) is 1. The van der Waals surface area contributed by atoms with Gasteiger partial charge in [-0.3, -0.25) is 14.6 Å². The molecule has 3 nitrogen and oxygen atoms in total. The lowest BCUT2D eigenvalue weighted by atomic mass is 9.89. The zero-order chi connectivity index (χ0) is 18.7. The van der Waals surface area contributed by atoms with E-state index in [1.54, 1.807) is 24.3 Å². The normalized spacial score (nSPS) is 10.6. The van der Waals surface area contributed by atoms with Gasteiger partial charge in [0.05, 0.1) is 5.69 Å². The van der Waals surface area contributed by atoms with Crippen LogP contribution in [-0.2, 0) is 6.42 Å². The predicted molar refractivity (Wildman–Crippen MR) is 103 cm³/mol. The Morgan fingerprint density at radius 2 is 1.23 bits per heavy atom. The highest BCUT2D eigenvalue weighted by atomic mass is 16.1. The van der Waals surface area contributed by atoms with Gasteiger partial charge in [-0.1, -0.05) is 67.6 Å². The van der Waals surface area contributed by atoms with Gasteiger partial charge in [-0.25, -0.2) is 0 Å². The first-order chi connectivity index (χ1) is 12.5. The fourth-order valence-electron chi connectivity index (χ4n) is 3.29. The summed E-state index contributed by atoms with van der Waals surface area (Å²) in [5.41, 5.74) is 4.38. The summed E-state index contributed by atoms with van der Waals surface area (Å²) in [5, 5.41) is 0. The first kappa shape index (κ1) is 17.7. The van der Waals surface area contributed by atoms with Crippen molar-refractivity contribution in [2.75, 3.05) is 0 Å². The first-order valence-electron chi connectivity index (χ1n) is 8.74. The van der Waals surface area contributed by atoms with E-state index in [9.17, 15) is 9.59 Å². The lowest BCUT2D eigenvalue weighted by molar-refractivity contribution is 0.103. The number of aromatic nitrogens is 1. The van der Waals surface area contributed by atoms with Crippen molar-refractivity contribution >= 4 is 11.6 Å². The fourth-order valence-corrected chi connectivity index (χ4v) is 3.29. The SMILES string of the molecule is CCc1nc(C)c(C(=O)c2ccccc2)c(C)c1C(=O)c1ccccc1. The van der Waals surface area contributed by atoms with Crippen LogP contribution in [0.2, 0.25) is 0 Å². The number of aryl methyl sites for hydroxylation is 2. The Kier molecular flexibility index (Phi) is 5.08. The number of benzene rings is 2. The van der Waals surface area contributed by atoms with Crippen LogP contribution in [0.5, 0.6) is 0 Å². The van der Waals surface area contributed by atoms with Crippen molar-refractivity contribution < 1.29 is 9.59 Å². The van der Waals surface area contributed by atoms with Gasteiger partial charge >= 0.3 is 0 Å². The molecule has 0 unspecified atom stereocenters. The van der Waals surface area contributed by atoms with Gasteiger partial charge in [-0.05, 0) is 25.8 Å². The predicted octanol–water partition coefficient (Wildman–Crippen LogP) is 4.72. The number of carbonyl (C=O) groups is 2. The average molecular weight is 343 g/mol. The third-order valence-corrected chi connectivity index (χ3v) is 4.56. The summed E-state index contributed by atoms with van der Waals surface area (Å²) in [6.07, 6.45) is 0.634. The molecule has 3 rings (SSSR count). The minimum atomic E-state index is -0.0992. The zero-order valence-electron chi connectivity index (χ0n) is 15.2. The maximum Gasteiger partial charge on any atom is 0.195 e. The Morgan fingerprint density at radius 3 is 1.69 bits per heavy atom. The quantitative estimate of drug-likeness (QED) is 0.630. The molecule has 0 aliphatic rings. The van der Waals surface area contributed by atoms with Crippen molar-refractivity contribution in [3.63, 3.8) is 0 Å². The monoisotopic (exact) mass is 343 g/mol. The summed E-state index contributed by atoms with van der Waals surface area (Å²) in [6, 6.07) is 18.3. The summed E-state index contributed by atoms with van der Waals surface area (Å²) in [4.78, 5) is 30.8. The third kappa shape index (κ3) is 3.21. The topological polar surface area (TPSA) is 47.0 Å². The molecule has 0 aliphatic carbocycles. The van der Waals surface area contributed by atoms with Crippen LogP contribution in [0, 0.1) is 13.8 Å². The number of carbonyl (C=O) groups excluding carboxylic acids is 2. The largest absolute Gasteiger partial charge is 0.289 e. The van der Waals surface area contributed by atoms with Gasteiger partial charge in [0.15, 0.2) is 11.6 Å². The van der Waals surface area contributed by atoms with Crippen LogP contribution in [0.4, 0.5) is 0 Å². The maximum atomic E-state index is 13.1. The molecular weight excluding hydrogens is 322 g/mol. The Morgan fingerprint density at radius 1 is 0.769 bits per heavy atom. The van der Waals surface area contributed by atoms with Gasteiger partial charge in [0, 0.05) is 27.9 Å². The second-order valence-electron chi connectivity index (χ2n) is 6.26. The molecule has 26 heavy (non-hydrogen) atoms. The number of ketones is 2. The maximum absolute atomic E-state index is 13.1. The fraction of sp³-hybridized carbons (Fsp3) is 0.174. The molecule has 0 fully saturated rings. The molecule has 0 bridgehead atoms. The summed E-state index contributed by atoms with van der Waals surface area (Å²) in [5.74, 6) is -0.188. The van der Waals surface area contributed by atoms with Crippen molar-refractivity contribution in [1.82, 2.24) is 4.98 Å². The van der Waals surface area contributed by atoms with Crippen LogP contribution in [0.25, 0.3) is 0 Å². The Hall–Kier alpha value is -3.07. The Balaban J connectivity index is 2.19. The van der Waals surface area contributed by atoms with Crippen LogP contribution in [0.1, 0.15) is 55.7 Å². The molecule has 0 spiro atoms. The molecule has 0 atom stereocenters. The molecule has 0 amide bonds. The molecule has 2 aromatic carbocycles. The summed E-state index contributed by atoms with van der Waals surface area (Å²) in [7, 11) is 0. The van der Waals surface area contributed by atoms with E-state index in [0.717, 1.165) is 5.69 Å². The smallest absolute Gasteiger partial charge is 0.195 e. The summed E-state index contributed by atoms with van der Waals surface area (Å²) >= 11 is 0. The molecule has 3 aromatic rings. The van der Waals surface area contributed by atoms with Crippen molar-refractivity contribution in [3.8, 4) is 0 Å². The standard InChI is InChI=1S/C23H21NO2/c1-4-19-21(23(26)18-13-9-6-10-14-18)15(2)20(16(3)24-19)22(25)17-11-7-5-8-12-17/h5-14H,4H2,1-3H3. The van der Waals surface area contributed by atoms with Crippen molar-refractivity contribution in [2.45, 2.75) is 27.2 Å². The van der Waals surface area contributed by atoms with E-state index in [1.807, 2.05) is 57.2 Å². The zero-order valence-corrected chi connectivity index (χ0v) is 15.2. The highest BCUT2D eigenvalue weighted by Crippen LogP contribution is 2.25. The highest BCUT2D eigenvalue weighted by Gasteiger charge is 2.24. The van der Waals surface area contributed by atoms with E-state index in [4.69, 9.17) is 0 Å². The van der Waals surface area contributed by atoms with Gasteiger partial charge in [-0.15, -0.1) is 0 Å². The second kappa shape index (κ2) is 7.44. The van der Waals surface area contributed by atoms with E-state index >= 15 is 0 Å². The van der Waals surface area contributed by atoms with E-state index in [1.165, 1.54) is 0 Å². The molecule has 130 valence electrons. The van der Waals surface area contributed by atoms with Crippen LogP contribution in [0.3, 0.4) is 0 Å². The molecular formula is C23H21NO2. The number of hydrogen-bond donors (Lipinski definition) is 0. The summed E-state index contributed by atoms with van der Waals surface area (Å²) in [6.45, 7) is 5.65. The summed E-state index contributed by atoms with van der Waals surface area (Å²) < 4.78 is 0. The number of rotatable bonds is 5. The van der Waals surface area contributed by atoms with Gasteiger partial charge in [-0.2, -0.15) is 0 Å². The highest BCUT2D eigenvalue weighted by molar-refractivity contribution is 6.15. The van der Waals surface area contributed by atoms with E-state index in [2.05, 4.69) is 4.98 Å². The van der Waals surface area contributed by atoms with Crippen LogP contribution < -0.4 is 0 Å². The minimum absolute atomic E-state index is 0.0884. The molecule has 0 saturated heterocycles. The number of pyridine rings is 1. The van der Waals surface area contributed by atoms with Gasteiger partial charge in [0.25, 0.3) is 0 Å². The van der Waals surface area contributed by atoms with E-state index in [-0.39, 0.29) is 11.6 Å². The third-order valence-electron chi connectivity index (χ3n) is 4.56. The van der Waals surface area contributed by atoms with E-state index in [0.29, 0.717) is 39.9 Å². The molecule has 0 saturated carbocycles. The molecule has 0 N–H and O–H groups in total. The van der Waals surface area contributed by atoms with Gasteiger partial charge < -0.3 is 0 Å². The molecule has 1 heterocycles. The van der Waals surface area contributed by atoms with Crippen LogP contribution in [0.15, 0.2) is 60.7 Å². The van der Waals surface area contributed by atoms with Gasteiger partial charge in [0.1, 0.15) is 0 Å². The first-order valence-corrected chi connectivity index (χ1v) is 8.74. The van der Waals surface area contributed by atoms with Crippen molar-refractivity contribution in [3.05, 3.63) is 99.9 Å². The van der Waals surface area contributed by atoms with Gasteiger partial charge in [0.2, 0.25) is 0 Å². The van der Waals surface area contributed by atoms with Crippen LogP contribution in [-0.4, -0.2) is 16.6 Å². The van der Waals surface area contributed by atoms with Crippen molar-refractivity contribution in [1.29, 1.82) is 0 Å². The number of hydrogen-bond acceptors (Lipinski definition) is 3. The molecule has 0 radical (unpaired) electrons. The Bertz CT molecular complexity index is 961. The molecule has 3 heteroatoms.